The summed E-state index contributed by atoms with van der Waals surface area (Å²) in [6, 6.07) is 2.00. The molecule has 1 saturated heterocycles. The van der Waals surface area contributed by atoms with Gasteiger partial charge in [0.1, 0.15) is 5.38 Å². The van der Waals surface area contributed by atoms with E-state index >= 15 is 0 Å². The molecule has 0 saturated carbocycles. The highest BCUT2D eigenvalue weighted by Crippen LogP contribution is 2.13. The third kappa shape index (κ3) is 3.95. The topological polar surface area (TPSA) is 36.3 Å². The number of hydrogen-bond donors (Lipinski definition) is 0. The molecule has 2 unspecified atom stereocenters. The Morgan fingerprint density at radius 3 is 3.08 bits per heavy atom. The van der Waals surface area contributed by atoms with E-state index in [9.17, 15) is 0 Å². The number of nitrogens with zero attached hydrogens (tertiary/aromatic N) is 2. The molecule has 0 aliphatic carbocycles. The summed E-state index contributed by atoms with van der Waals surface area (Å²) >= 11 is 5.70. The molecule has 0 N–H and O–H groups in total. The van der Waals surface area contributed by atoms with Crippen molar-refractivity contribution in [2.75, 3.05) is 26.7 Å². The van der Waals surface area contributed by atoms with E-state index in [0.29, 0.717) is 12.6 Å². The first kappa shape index (κ1) is 10.8. The van der Waals surface area contributed by atoms with Crippen molar-refractivity contribution >= 4 is 11.6 Å². The van der Waals surface area contributed by atoms with Crippen LogP contribution in [-0.2, 0) is 4.74 Å². The number of alkyl halides is 1. The Kier molecular flexibility index (Phi) is 4.51. The first-order chi connectivity index (χ1) is 6.22. The van der Waals surface area contributed by atoms with E-state index < -0.39 is 5.38 Å². The van der Waals surface area contributed by atoms with Crippen LogP contribution >= 0.6 is 11.6 Å². The molecule has 0 spiro atoms. The minimum atomic E-state index is -0.411. The molecule has 74 valence electrons. The smallest absolute Gasteiger partial charge is 0.133 e. The zero-order chi connectivity index (χ0) is 9.68. The molecule has 0 aromatic heterocycles. The molecule has 3 nitrogen and oxygen atoms in total. The number of hydrogen-bond acceptors (Lipinski definition) is 3. The summed E-state index contributed by atoms with van der Waals surface area (Å²) in [5.41, 5.74) is 0. The molecule has 4 heteroatoms. The molecule has 0 bridgehead atoms. The predicted octanol–water partition coefficient (Wildman–Crippen LogP) is 1.23. The summed E-state index contributed by atoms with van der Waals surface area (Å²) in [7, 11) is 1.97. The van der Waals surface area contributed by atoms with Crippen molar-refractivity contribution in [3.8, 4) is 6.07 Å². The largest absolute Gasteiger partial charge is 0.377 e. The van der Waals surface area contributed by atoms with E-state index in [2.05, 4.69) is 4.90 Å². The van der Waals surface area contributed by atoms with Gasteiger partial charge in [0.2, 0.25) is 0 Å². The van der Waals surface area contributed by atoms with Crippen LogP contribution in [-0.4, -0.2) is 43.1 Å². The molecule has 1 aliphatic rings. The number of nitriles is 1. The minimum absolute atomic E-state index is 0.340. The summed E-state index contributed by atoms with van der Waals surface area (Å²) in [5.74, 6) is 0. The molecule has 0 aromatic rings. The second-order valence-corrected chi connectivity index (χ2v) is 3.98. The van der Waals surface area contributed by atoms with Gasteiger partial charge in [-0.25, -0.2) is 0 Å². The zero-order valence-electron chi connectivity index (χ0n) is 7.87. The van der Waals surface area contributed by atoms with Crippen LogP contribution in [0.1, 0.15) is 12.8 Å². The van der Waals surface area contributed by atoms with Gasteiger partial charge in [-0.1, -0.05) is 0 Å². The van der Waals surface area contributed by atoms with Crippen molar-refractivity contribution in [2.45, 2.75) is 24.3 Å². The molecule has 2 atom stereocenters. The van der Waals surface area contributed by atoms with Crippen molar-refractivity contribution in [3.63, 3.8) is 0 Å². The predicted molar refractivity (Wildman–Crippen MR) is 51.7 cm³/mol. The van der Waals surface area contributed by atoms with Crippen LogP contribution in [0.25, 0.3) is 0 Å². The number of rotatable bonds is 4. The van der Waals surface area contributed by atoms with Gasteiger partial charge in [-0.15, -0.1) is 11.6 Å². The molecule has 1 rings (SSSR count). The molecule has 0 amide bonds. The SMILES string of the molecule is CN(CC(Cl)C#N)CC1CCCO1. The Bertz CT molecular complexity index is 187. The van der Waals surface area contributed by atoms with E-state index in [4.69, 9.17) is 21.6 Å². The van der Waals surface area contributed by atoms with Crippen LogP contribution in [0.3, 0.4) is 0 Å². The van der Waals surface area contributed by atoms with E-state index in [1.54, 1.807) is 0 Å². The standard InChI is InChI=1S/C9H15ClN2O/c1-12(6-8(10)5-11)7-9-3-2-4-13-9/h8-9H,2-4,6-7H2,1H3. The van der Waals surface area contributed by atoms with Crippen LogP contribution in [0.2, 0.25) is 0 Å². The fourth-order valence-corrected chi connectivity index (χ4v) is 1.76. The Balaban J connectivity index is 2.16. The summed E-state index contributed by atoms with van der Waals surface area (Å²) in [6.45, 7) is 2.36. The number of likely N-dealkylation sites (N-methyl/N-ethyl adjacent to an activating group) is 1. The van der Waals surface area contributed by atoms with Gasteiger partial charge in [0.05, 0.1) is 12.2 Å². The van der Waals surface area contributed by atoms with Gasteiger partial charge >= 0.3 is 0 Å². The average Bonchev–Trinajstić information content (AvgIpc) is 2.56. The maximum atomic E-state index is 8.50. The van der Waals surface area contributed by atoms with Crippen LogP contribution < -0.4 is 0 Å². The quantitative estimate of drug-likeness (QED) is 0.644. The summed E-state index contributed by atoms with van der Waals surface area (Å²) in [6.07, 6.45) is 2.62. The van der Waals surface area contributed by atoms with Crippen molar-refractivity contribution in [2.24, 2.45) is 0 Å². The number of ether oxygens (including phenoxy) is 1. The van der Waals surface area contributed by atoms with Gasteiger partial charge in [-0.05, 0) is 19.9 Å². The zero-order valence-corrected chi connectivity index (χ0v) is 8.63. The summed E-state index contributed by atoms with van der Waals surface area (Å²) in [4.78, 5) is 2.05. The summed E-state index contributed by atoms with van der Waals surface area (Å²) < 4.78 is 5.47. The lowest BCUT2D eigenvalue weighted by Crippen LogP contribution is -2.32. The highest BCUT2D eigenvalue weighted by atomic mass is 35.5. The second kappa shape index (κ2) is 5.43. The van der Waals surface area contributed by atoms with Gasteiger partial charge in [0, 0.05) is 19.7 Å². The lowest BCUT2D eigenvalue weighted by Gasteiger charge is -2.20. The van der Waals surface area contributed by atoms with Crippen molar-refractivity contribution < 1.29 is 4.74 Å². The monoisotopic (exact) mass is 202 g/mol. The van der Waals surface area contributed by atoms with E-state index in [0.717, 1.165) is 26.0 Å². The van der Waals surface area contributed by atoms with Crippen LogP contribution in [0.15, 0.2) is 0 Å². The molecular formula is C9H15ClN2O. The highest BCUT2D eigenvalue weighted by Gasteiger charge is 2.18. The van der Waals surface area contributed by atoms with E-state index in [-0.39, 0.29) is 0 Å². The fraction of sp³-hybridized carbons (Fsp3) is 0.889. The first-order valence-corrected chi connectivity index (χ1v) is 5.00. The maximum absolute atomic E-state index is 8.50. The number of halogens is 1. The molecule has 1 fully saturated rings. The molecule has 1 aliphatic heterocycles. The van der Waals surface area contributed by atoms with E-state index in [1.807, 2.05) is 13.1 Å². The van der Waals surface area contributed by atoms with Gasteiger partial charge in [0.15, 0.2) is 0 Å². The fourth-order valence-electron chi connectivity index (χ4n) is 1.52. The van der Waals surface area contributed by atoms with Gasteiger partial charge in [-0.3, -0.25) is 0 Å². The Hall–Kier alpha value is -0.300. The van der Waals surface area contributed by atoms with Gasteiger partial charge < -0.3 is 9.64 Å². The molecule has 13 heavy (non-hydrogen) atoms. The lowest BCUT2D eigenvalue weighted by molar-refractivity contribution is 0.0820. The minimum Gasteiger partial charge on any atom is -0.377 e. The Morgan fingerprint density at radius 1 is 1.77 bits per heavy atom. The molecule has 1 heterocycles. The van der Waals surface area contributed by atoms with Crippen molar-refractivity contribution in [1.82, 2.24) is 4.90 Å². The van der Waals surface area contributed by atoms with E-state index in [1.165, 1.54) is 0 Å². The molecular weight excluding hydrogens is 188 g/mol. The van der Waals surface area contributed by atoms with Crippen LogP contribution in [0, 0.1) is 11.3 Å². The third-order valence-corrected chi connectivity index (χ3v) is 2.39. The Labute approximate surface area is 84.2 Å². The lowest BCUT2D eigenvalue weighted by atomic mass is 10.2. The van der Waals surface area contributed by atoms with Gasteiger partial charge in [0.25, 0.3) is 0 Å². The second-order valence-electron chi connectivity index (χ2n) is 3.45. The Morgan fingerprint density at radius 2 is 2.54 bits per heavy atom. The van der Waals surface area contributed by atoms with Crippen LogP contribution in [0.4, 0.5) is 0 Å². The normalized spacial score (nSPS) is 24.6. The van der Waals surface area contributed by atoms with Crippen LogP contribution in [0.5, 0.6) is 0 Å². The maximum Gasteiger partial charge on any atom is 0.133 e. The van der Waals surface area contributed by atoms with Crippen molar-refractivity contribution in [3.05, 3.63) is 0 Å². The average molecular weight is 203 g/mol. The van der Waals surface area contributed by atoms with Crippen molar-refractivity contribution in [1.29, 1.82) is 5.26 Å². The third-order valence-electron chi connectivity index (χ3n) is 2.15. The van der Waals surface area contributed by atoms with Gasteiger partial charge in [-0.2, -0.15) is 5.26 Å². The highest BCUT2D eigenvalue weighted by molar-refractivity contribution is 6.22. The summed E-state index contributed by atoms with van der Waals surface area (Å²) in [5, 5.41) is 8.09. The molecule has 0 radical (unpaired) electrons. The first-order valence-electron chi connectivity index (χ1n) is 4.56. The molecule has 0 aromatic carbocycles.